The molecule has 0 saturated carbocycles. The SMILES string of the molecule is CCCCNC(=O)[C@@H](CC)N(CCc1ccccc1)C(=O)COc1ccc(Cl)c(C)c1. The molecule has 0 unspecified atom stereocenters. The molecule has 2 amide bonds. The van der Waals surface area contributed by atoms with Crippen LogP contribution in [0.25, 0.3) is 0 Å². The molecule has 2 aromatic carbocycles. The number of amides is 2. The number of carbonyl (C=O) groups is 2. The average Bonchev–Trinajstić information content (AvgIpc) is 2.78. The number of ether oxygens (including phenoxy) is 1. The Bertz CT molecular complexity index is 842. The second-order valence-electron chi connectivity index (χ2n) is 7.59. The first-order chi connectivity index (χ1) is 15.0. The Labute approximate surface area is 190 Å². The summed E-state index contributed by atoms with van der Waals surface area (Å²) in [5.74, 6) is 0.263. The highest BCUT2D eigenvalue weighted by atomic mass is 35.5. The van der Waals surface area contributed by atoms with Gasteiger partial charge in [0.2, 0.25) is 5.91 Å². The number of unbranched alkanes of at least 4 members (excludes halogenated alkanes) is 1. The second-order valence-corrected chi connectivity index (χ2v) is 8.00. The van der Waals surface area contributed by atoms with Gasteiger partial charge in [0, 0.05) is 18.1 Å². The molecule has 0 fully saturated rings. The van der Waals surface area contributed by atoms with Crippen LogP contribution in [0.2, 0.25) is 5.02 Å². The molecule has 0 heterocycles. The Kier molecular flexibility index (Phi) is 10.4. The maximum absolute atomic E-state index is 13.1. The molecule has 5 nitrogen and oxygen atoms in total. The van der Waals surface area contributed by atoms with Gasteiger partial charge in [0.1, 0.15) is 11.8 Å². The van der Waals surface area contributed by atoms with Crippen molar-refractivity contribution >= 4 is 23.4 Å². The third-order valence-corrected chi connectivity index (χ3v) is 5.62. The number of benzene rings is 2. The highest BCUT2D eigenvalue weighted by Gasteiger charge is 2.28. The number of carbonyl (C=O) groups excluding carboxylic acids is 2. The number of rotatable bonds is 12. The molecular formula is C25H33ClN2O3. The topological polar surface area (TPSA) is 58.6 Å². The first-order valence-corrected chi connectivity index (χ1v) is 11.3. The van der Waals surface area contributed by atoms with Gasteiger partial charge in [0.05, 0.1) is 0 Å². The van der Waals surface area contributed by atoms with Crippen molar-refractivity contribution in [2.45, 2.75) is 52.5 Å². The smallest absolute Gasteiger partial charge is 0.261 e. The van der Waals surface area contributed by atoms with Crippen molar-refractivity contribution in [3.05, 3.63) is 64.7 Å². The molecule has 0 radical (unpaired) electrons. The van der Waals surface area contributed by atoms with E-state index in [9.17, 15) is 9.59 Å². The van der Waals surface area contributed by atoms with Crippen LogP contribution < -0.4 is 10.1 Å². The number of hydrogen-bond acceptors (Lipinski definition) is 3. The third-order valence-electron chi connectivity index (χ3n) is 5.19. The summed E-state index contributed by atoms with van der Waals surface area (Å²) in [6, 6.07) is 14.7. The molecule has 0 aliphatic carbocycles. The summed E-state index contributed by atoms with van der Waals surface area (Å²) in [7, 11) is 0. The minimum absolute atomic E-state index is 0.111. The highest BCUT2D eigenvalue weighted by Crippen LogP contribution is 2.21. The normalized spacial score (nSPS) is 11.6. The van der Waals surface area contributed by atoms with Gasteiger partial charge in [-0.15, -0.1) is 0 Å². The first kappa shape index (κ1) is 24.7. The van der Waals surface area contributed by atoms with Gasteiger partial charge in [-0.3, -0.25) is 9.59 Å². The Morgan fingerprint density at radius 2 is 1.87 bits per heavy atom. The Morgan fingerprint density at radius 1 is 1.13 bits per heavy atom. The summed E-state index contributed by atoms with van der Waals surface area (Å²) in [6.07, 6.45) is 3.13. The van der Waals surface area contributed by atoms with Gasteiger partial charge in [0.25, 0.3) is 5.91 Å². The van der Waals surface area contributed by atoms with E-state index in [1.807, 2.05) is 44.2 Å². The zero-order valence-corrected chi connectivity index (χ0v) is 19.5. The standard InChI is InChI=1S/C25H33ClN2O3/c1-4-6-15-27-25(30)23(5-2)28(16-14-20-10-8-7-9-11-20)24(29)18-31-21-12-13-22(26)19(3)17-21/h7-13,17,23H,4-6,14-16,18H2,1-3H3,(H,27,30)/t23-/m1/s1. The molecule has 0 aromatic heterocycles. The minimum atomic E-state index is -0.524. The van der Waals surface area contributed by atoms with Gasteiger partial charge in [-0.25, -0.2) is 0 Å². The number of hydrogen-bond donors (Lipinski definition) is 1. The summed E-state index contributed by atoms with van der Waals surface area (Å²) in [6.45, 7) is 6.83. The van der Waals surface area contributed by atoms with Crippen molar-refractivity contribution in [3.8, 4) is 5.75 Å². The van der Waals surface area contributed by atoms with Crippen molar-refractivity contribution in [3.63, 3.8) is 0 Å². The van der Waals surface area contributed by atoms with E-state index in [2.05, 4.69) is 12.2 Å². The quantitative estimate of drug-likeness (QED) is 0.478. The summed E-state index contributed by atoms with van der Waals surface area (Å²) in [5.41, 5.74) is 2.00. The lowest BCUT2D eigenvalue weighted by Gasteiger charge is -2.30. The van der Waals surface area contributed by atoms with E-state index in [-0.39, 0.29) is 18.4 Å². The predicted octanol–water partition coefficient (Wildman–Crippen LogP) is 4.79. The number of nitrogens with zero attached hydrogens (tertiary/aromatic N) is 1. The van der Waals surface area contributed by atoms with Gasteiger partial charge < -0.3 is 15.0 Å². The van der Waals surface area contributed by atoms with E-state index in [0.717, 1.165) is 24.0 Å². The Hall–Kier alpha value is -2.53. The van der Waals surface area contributed by atoms with Gasteiger partial charge in [-0.2, -0.15) is 0 Å². The summed E-state index contributed by atoms with van der Waals surface area (Å²) in [4.78, 5) is 27.6. The highest BCUT2D eigenvalue weighted by molar-refractivity contribution is 6.31. The van der Waals surface area contributed by atoms with Crippen LogP contribution in [-0.2, 0) is 16.0 Å². The summed E-state index contributed by atoms with van der Waals surface area (Å²) >= 11 is 6.07. The molecule has 0 aliphatic heterocycles. The fourth-order valence-electron chi connectivity index (χ4n) is 3.34. The third kappa shape index (κ3) is 7.91. The maximum atomic E-state index is 13.1. The molecule has 31 heavy (non-hydrogen) atoms. The fraction of sp³-hybridized carbons (Fsp3) is 0.440. The lowest BCUT2D eigenvalue weighted by Crippen LogP contribution is -2.51. The molecular weight excluding hydrogens is 412 g/mol. The van der Waals surface area contributed by atoms with Crippen molar-refractivity contribution in [2.24, 2.45) is 0 Å². The maximum Gasteiger partial charge on any atom is 0.261 e. The summed E-state index contributed by atoms with van der Waals surface area (Å²) in [5, 5.41) is 3.62. The van der Waals surface area contributed by atoms with Crippen molar-refractivity contribution in [1.82, 2.24) is 10.2 Å². The van der Waals surface area contributed by atoms with Gasteiger partial charge in [-0.1, -0.05) is 62.2 Å². The van der Waals surface area contributed by atoms with E-state index in [0.29, 0.717) is 36.7 Å². The van der Waals surface area contributed by atoms with Gasteiger partial charge in [0.15, 0.2) is 6.61 Å². The van der Waals surface area contributed by atoms with Gasteiger partial charge >= 0.3 is 0 Å². The molecule has 0 aliphatic rings. The molecule has 168 valence electrons. The average molecular weight is 445 g/mol. The van der Waals surface area contributed by atoms with Crippen LogP contribution in [-0.4, -0.2) is 42.5 Å². The number of halogens is 1. The van der Waals surface area contributed by atoms with Crippen LogP contribution in [0.1, 0.15) is 44.2 Å². The molecule has 1 atom stereocenters. The molecule has 6 heteroatoms. The number of aryl methyl sites for hydroxylation is 1. The lowest BCUT2D eigenvalue weighted by molar-refractivity contribution is -0.142. The largest absolute Gasteiger partial charge is 0.484 e. The van der Waals surface area contributed by atoms with E-state index >= 15 is 0 Å². The second kappa shape index (κ2) is 13.0. The van der Waals surface area contributed by atoms with Crippen LogP contribution in [0, 0.1) is 6.92 Å². The molecule has 0 spiro atoms. The van der Waals surface area contributed by atoms with E-state index in [1.54, 1.807) is 23.1 Å². The lowest BCUT2D eigenvalue weighted by atomic mass is 10.1. The van der Waals surface area contributed by atoms with E-state index in [4.69, 9.17) is 16.3 Å². The molecule has 2 aromatic rings. The van der Waals surface area contributed by atoms with Crippen LogP contribution >= 0.6 is 11.6 Å². The Morgan fingerprint density at radius 3 is 2.52 bits per heavy atom. The molecule has 0 saturated heterocycles. The molecule has 0 bridgehead atoms. The van der Waals surface area contributed by atoms with Crippen LogP contribution in [0.4, 0.5) is 0 Å². The first-order valence-electron chi connectivity index (χ1n) is 11.0. The monoisotopic (exact) mass is 444 g/mol. The number of nitrogens with one attached hydrogen (secondary N) is 1. The summed E-state index contributed by atoms with van der Waals surface area (Å²) < 4.78 is 5.73. The Balaban J connectivity index is 2.10. The van der Waals surface area contributed by atoms with Crippen LogP contribution in [0.5, 0.6) is 5.75 Å². The van der Waals surface area contributed by atoms with Crippen LogP contribution in [0.15, 0.2) is 48.5 Å². The van der Waals surface area contributed by atoms with E-state index in [1.165, 1.54) is 0 Å². The van der Waals surface area contributed by atoms with Gasteiger partial charge in [-0.05, 0) is 55.5 Å². The van der Waals surface area contributed by atoms with Crippen molar-refractivity contribution in [2.75, 3.05) is 19.7 Å². The zero-order chi connectivity index (χ0) is 22.6. The molecule has 2 rings (SSSR count). The molecule has 1 N–H and O–H groups in total. The predicted molar refractivity (Wildman–Crippen MR) is 126 cm³/mol. The minimum Gasteiger partial charge on any atom is -0.484 e. The van der Waals surface area contributed by atoms with Crippen molar-refractivity contribution in [1.29, 1.82) is 0 Å². The van der Waals surface area contributed by atoms with Crippen LogP contribution in [0.3, 0.4) is 0 Å². The fourth-order valence-corrected chi connectivity index (χ4v) is 3.45. The zero-order valence-electron chi connectivity index (χ0n) is 18.7. The van der Waals surface area contributed by atoms with E-state index < -0.39 is 6.04 Å². The van der Waals surface area contributed by atoms with Crippen molar-refractivity contribution < 1.29 is 14.3 Å².